The zero-order chi connectivity index (χ0) is 15.4. The third-order valence-corrected chi connectivity index (χ3v) is 4.14. The fraction of sp³-hybridized carbons (Fsp3) is 0.562. The van der Waals surface area contributed by atoms with Crippen molar-refractivity contribution in [2.75, 3.05) is 6.61 Å². The molecule has 0 spiro atoms. The lowest BCUT2D eigenvalue weighted by molar-refractivity contribution is -0.126. The predicted octanol–water partition coefficient (Wildman–Crippen LogP) is 1.02. The molecule has 6 nitrogen and oxygen atoms in total. The molecular formula is C16H21N3O3. The highest BCUT2D eigenvalue weighted by atomic mass is 16.5. The highest BCUT2D eigenvalue weighted by Crippen LogP contribution is 2.30. The van der Waals surface area contributed by atoms with Gasteiger partial charge in [0.15, 0.2) is 6.61 Å². The Kier molecular flexibility index (Phi) is 4.56. The van der Waals surface area contributed by atoms with E-state index in [-0.39, 0.29) is 36.4 Å². The molecule has 0 saturated heterocycles. The van der Waals surface area contributed by atoms with Crippen LogP contribution in [0.3, 0.4) is 0 Å². The molecule has 2 aliphatic rings. The van der Waals surface area contributed by atoms with E-state index in [1.165, 1.54) is 0 Å². The average Bonchev–Trinajstić information content (AvgIpc) is 3.30. The van der Waals surface area contributed by atoms with Gasteiger partial charge < -0.3 is 15.4 Å². The third-order valence-electron chi connectivity index (χ3n) is 4.14. The number of carbonyl (C=O) groups is 2. The SMILES string of the molecule is O=C(COc1cccnc1)N[C@H]1CCC[C@H]1NC(=O)C1CC1. The van der Waals surface area contributed by atoms with E-state index in [0.29, 0.717) is 5.75 Å². The van der Waals surface area contributed by atoms with Crippen LogP contribution < -0.4 is 15.4 Å². The van der Waals surface area contributed by atoms with Crippen LogP contribution in [0, 0.1) is 5.92 Å². The molecule has 6 heteroatoms. The van der Waals surface area contributed by atoms with Gasteiger partial charge in [-0.2, -0.15) is 0 Å². The van der Waals surface area contributed by atoms with E-state index < -0.39 is 0 Å². The van der Waals surface area contributed by atoms with Gasteiger partial charge in [0.1, 0.15) is 5.75 Å². The van der Waals surface area contributed by atoms with Crippen LogP contribution in [0.5, 0.6) is 5.75 Å². The van der Waals surface area contributed by atoms with E-state index in [1.54, 1.807) is 24.5 Å². The fourth-order valence-electron chi connectivity index (χ4n) is 2.78. The summed E-state index contributed by atoms with van der Waals surface area (Å²) in [6.45, 7) is -0.0362. The molecule has 0 unspecified atom stereocenters. The van der Waals surface area contributed by atoms with Crippen LogP contribution in [-0.2, 0) is 9.59 Å². The summed E-state index contributed by atoms with van der Waals surface area (Å²) in [4.78, 5) is 27.8. The first-order chi connectivity index (χ1) is 10.7. The van der Waals surface area contributed by atoms with E-state index in [2.05, 4.69) is 15.6 Å². The van der Waals surface area contributed by atoms with E-state index in [9.17, 15) is 9.59 Å². The third kappa shape index (κ3) is 3.96. The van der Waals surface area contributed by atoms with Gasteiger partial charge >= 0.3 is 0 Å². The minimum Gasteiger partial charge on any atom is -0.482 e. The van der Waals surface area contributed by atoms with Gasteiger partial charge in [-0.25, -0.2) is 0 Å². The quantitative estimate of drug-likeness (QED) is 0.822. The molecule has 3 rings (SSSR count). The fourth-order valence-corrected chi connectivity index (χ4v) is 2.78. The Morgan fingerprint density at radius 1 is 1.18 bits per heavy atom. The van der Waals surface area contributed by atoms with Crippen molar-refractivity contribution >= 4 is 11.8 Å². The summed E-state index contributed by atoms with van der Waals surface area (Å²) >= 11 is 0. The predicted molar refractivity (Wildman–Crippen MR) is 80.2 cm³/mol. The molecule has 2 atom stereocenters. The normalized spacial score (nSPS) is 23.8. The van der Waals surface area contributed by atoms with Gasteiger partial charge in [-0.1, -0.05) is 0 Å². The maximum atomic E-state index is 12.0. The summed E-state index contributed by atoms with van der Waals surface area (Å²) in [5, 5.41) is 6.03. The highest BCUT2D eigenvalue weighted by molar-refractivity contribution is 5.81. The summed E-state index contributed by atoms with van der Waals surface area (Å²) in [6, 6.07) is 3.57. The van der Waals surface area contributed by atoms with Gasteiger partial charge in [0, 0.05) is 24.2 Å². The summed E-state index contributed by atoms with van der Waals surface area (Å²) in [6.07, 6.45) is 8.05. The first kappa shape index (κ1) is 14.8. The van der Waals surface area contributed by atoms with Gasteiger partial charge in [0.05, 0.1) is 6.20 Å². The van der Waals surface area contributed by atoms with E-state index in [0.717, 1.165) is 32.1 Å². The van der Waals surface area contributed by atoms with Crippen LogP contribution in [0.2, 0.25) is 0 Å². The molecule has 1 aromatic rings. The minimum absolute atomic E-state index is 0.00713. The van der Waals surface area contributed by atoms with E-state index >= 15 is 0 Å². The number of ether oxygens (including phenoxy) is 1. The number of hydrogen-bond acceptors (Lipinski definition) is 4. The van der Waals surface area contributed by atoms with Crippen molar-refractivity contribution in [2.24, 2.45) is 5.92 Å². The Bertz CT molecular complexity index is 531. The van der Waals surface area contributed by atoms with Crippen LogP contribution >= 0.6 is 0 Å². The lowest BCUT2D eigenvalue weighted by Crippen LogP contribution is -2.49. The number of amides is 2. The Morgan fingerprint density at radius 3 is 2.64 bits per heavy atom. The standard InChI is InChI=1S/C16H21N3O3/c20-15(10-22-12-3-2-8-17-9-12)18-13-4-1-5-14(13)19-16(21)11-6-7-11/h2-3,8-9,11,13-14H,1,4-7,10H2,(H,18,20)(H,19,21)/t13-,14+/m0/s1. The number of carbonyl (C=O) groups excluding carboxylic acids is 2. The number of rotatable bonds is 6. The van der Waals surface area contributed by atoms with Gasteiger partial charge in [-0.15, -0.1) is 0 Å². The second-order valence-electron chi connectivity index (χ2n) is 5.97. The van der Waals surface area contributed by atoms with Gasteiger partial charge in [-0.3, -0.25) is 14.6 Å². The highest BCUT2D eigenvalue weighted by Gasteiger charge is 2.35. The van der Waals surface area contributed by atoms with Crippen LogP contribution in [-0.4, -0.2) is 35.5 Å². The smallest absolute Gasteiger partial charge is 0.258 e. The molecule has 0 radical (unpaired) electrons. The number of pyridine rings is 1. The maximum Gasteiger partial charge on any atom is 0.258 e. The van der Waals surface area contributed by atoms with Gasteiger partial charge in [-0.05, 0) is 44.2 Å². The van der Waals surface area contributed by atoms with Gasteiger partial charge in [0.25, 0.3) is 5.91 Å². The number of hydrogen-bond donors (Lipinski definition) is 2. The zero-order valence-corrected chi connectivity index (χ0v) is 12.5. The van der Waals surface area contributed by atoms with Crippen molar-refractivity contribution in [1.29, 1.82) is 0 Å². The molecule has 22 heavy (non-hydrogen) atoms. The van der Waals surface area contributed by atoms with Crippen molar-refractivity contribution < 1.29 is 14.3 Å². The summed E-state index contributed by atoms with van der Waals surface area (Å²) in [5.41, 5.74) is 0. The van der Waals surface area contributed by atoms with Crippen molar-refractivity contribution in [1.82, 2.24) is 15.6 Å². The minimum atomic E-state index is -0.165. The molecule has 1 aromatic heterocycles. The Balaban J connectivity index is 1.44. The molecule has 1 heterocycles. The van der Waals surface area contributed by atoms with Crippen molar-refractivity contribution in [2.45, 2.75) is 44.2 Å². The number of nitrogens with one attached hydrogen (secondary N) is 2. The molecule has 2 fully saturated rings. The molecule has 2 amide bonds. The van der Waals surface area contributed by atoms with Crippen molar-refractivity contribution in [3.8, 4) is 5.75 Å². The van der Waals surface area contributed by atoms with Crippen LogP contribution in [0.25, 0.3) is 0 Å². The second kappa shape index (κ2) is 6.77. The molecule has 2 aliphatic carbocycles. The average molecular weight is 303 g/mol. The molecular weight excluding hydrogens is 282 g/mol. The summed E-state index contributed by atoms with van der Waals surface area (Å²) < 4.78 is 5.38. The first-order valence-electron chi connectivity index (χ1n) is 7.85. The largest absolute Gasteiger partial charge is 0.482 e. The number of aromatic nitrogens is 1. The summed E-state index contributed by atoms with van der Waals surface area (Å²) in [5.74, 6) is 0.743. The molecule has 0 aliphatic heterocycles. The Hall–Kier alpha value is -2.11. The van der Waals surface area contributed by atoms with Gasteiger partial charge in [0.2, 0.25) is 5.91 Å². The zero-order valence-electron chi connectivity index (χ0n) is 12.5. The first-order valence-corrected chi connectivity index (χ1v) is 7.85. The van der Waals surface area contributed by atoms with Crippen LogP contribution in [0.4, 0.5) is 0 Å². The van der Waals surface area contributed by atoms with Crippen LogP contribution in [0.1, 0.15) is 32.1 Å². The molecule has 0 bridgehead atoms. The van der Waals surface area contributed by atoms with Crippen LogP contribution in [0.15, 0.2) is 24.5 Å². The maximum absolute atomic E-state index is 12.0. The Morgan fingerprint density at radius 2 is 1.95 bits per heavy atom. The summed E-state index contributed by atoms with van der Waals surface area (Å²) in [7, 11) is 0. The van der Waals surface area contributed by atoms with Crippen molar-refractivity contribution in [3.05, 3.63) is 24.5 Å². The lowest BCUT2D eigenvalue weighted by atomic mass is 10.1. The van der Waals surface area contributed by atoms with Crippen molar-refractivity contribution in [3.63, 3.8) is 0 Å². The second-order valence-corrected chi connectivity index (χ2v) is 5.97. The lowest BCUT2D eigenvalue weighted by Gasteiger charge is -2.22. The molecule has 118 valence electrons. The molecule has 2 N–H and O–H groups in total. The Labute approximate surface area is 129 Å². The van der Waals surface area contributed by atoms with E-state index in [4.69, 9.17) is 4.74 Å². The monoisotopic (exact) mass is 303 g/mol. The topological polar surface area (TPSA) is 80.3 Å². The molecule has 2 saturated carbocycles. The molecule has 0 aromatic carbocycles. The number of nitrogens with zero attached hydrogens (tertiary/aromatic N) is 1. The van der Waals surface area contributed by atoms with E-state index in [1.807, 2.05) is 0 Å².